The van der Waals surface area contributed by atoms with Crippen LogP contribution in [-0.4, -0.2) is 40.2 Å². The van der Waals surface area contributed by atoms with Crippen molar-refractivity contribution in [3.63, 3.8) is 0 Å². The maximum Gasteiger partial charge on any atom is 0.330 e. The lowest BCUT2D eigenvalue weighted by Gasteiger charge is -2.18. The number of carbonyl (C=O) groups is 2. The molecule has 1 aromatic heterocycles. The quantitative estimate of drug-likeness (QED) is 0.681. The molecule has 1 saturated heterocycles. The molecule has 1 aliphatic rings. The molecular formula is C13H17N3O6. The van der Waals surface area contributed by atoms with Gasteiger partial charge in [0, 0.05) is 39.1 Å². The number of aromatic amines is 1. The summed E-state index contributed by atoms with van der Waals surface area (Å²) < 4.78 is 12.1. The highest BCUT2D eigenvalue weighted by atomic mass is 16.6. The minimum atomic E-state index is -0.688. The molecule has 0 unspecified atom stereocenters. The van der Waals surface area contributed by atoms with Crippen molar-refractivity contribution in [3.05, 3.63) is 33.1 Å². The number of hydrogen-bond acceptors (Lipinski definition) is 6. The molecule has 22 heavy (non-hydrogen) atoms. The number of hydrogen-bond donors (Lipinski definition) is 2. The van der Waals surface area contributed by atoms with Crippen LogP contribution in [-0.2, 0) is 19.1 Å². The highest BCUT2D eigenvalue weighted by molar-refractivity contribution is 5.72. The van der Waals surface area contributed by atoms with E-state index in [1.807, 2.05) is 0 Å². The summed E-state index contributed by atoms with van der Waals surface area (Å²) in [6, 6.07) is 1.20. The van der Waals surface area contributed by atoms with Gasteiger partial charge in [0.15, 0.2) is 0 Å². The summed E-state index contributed by atoms with van der Waals surface area (Å²) in [5.74, 6) is -0.717. The first-order valence-corrected chi connectivity index (χ1v) is 6.75. The number of amides is 1. The van der Waals surface area contributed by atoms with Gasteiger partial charge in [0.2, 0.25) is 5.91 Å². The van der Waals surface area contributed by atoms with Crippen molar-refractivity contribution in [2.45, 2.75) is 38.7 Å². The van der Waals surface area contributed by atoms with Gasteiger partial charge < -0.3 is 14.8 Å². The molecule has 9 heteroatoms. The second-order valence-corrected chi connectivity index (χ2v) is 4.97. The highest BCUT2D eigenvalue weighted by Gasteiger charge is 2.38. The largest absolute Gasteiger partial charge is 0.460 e. The van der Waals surface area contributed by atoms with Crippen LogP contribution in [0.5, 0.6) is 0 Å². The van der Waals surface area contributed by atoms with Crippen molar-refractivity contribution in [1.82, 2.24) is 14.9 Å². The van der Waals surface area contributed by atoms with Gasteiger partial charge in [-0.05, 0) is 0 Å². The van der Waals surface area contributed by atoms with Crippen molar-refractivity contribution in [3.8, 4) is 0 Å². The Labute approximate surface area is 125 Å². The lowest BCUT2D eigenvalue weighted by molar-refractivity contribution is -0.149. The number of esters is 1. The molecule has 2 N–H and O–H groups in total. The molecule has 0 aromatic carbocycles. The normalized spacial score (nSPS) is 24.0. The van der Waals surface area contributed by atoms with Crippen LogP contribution in [0.2, 0.25) is 0 Å². The van der Waals surface area contributed by atoms with Crippen LogP contribution in [0.1, 0.15) is 26.5 Å². The zero-order valence-corrected chi connectivity index (χ0v) is 12.2. The lowest BCUT2D eigenvalue weighted by atomic mass is 10.1. The summed E-state index contributed by atoms with van der Waals surface area (Å²) >= 11 is 0. The first-order chi connectivity index (χ1) is 10.4. The van der Waals surface area contributed by atoms with E-state index in [2.05, 4.69) is 10.3 Å². The Hall–Kier alpha value is -2.42. The van der Waals surface area contributed by atoms with Crippen molar-refractivity contribution >= 4 is 11.9 Å². The molecule has 3 atom stereocenters. The van der Waals surface area contributed by atoms with Crippen LogP contribution in [0.15, 0.2) is 21.9 Å². The van der Waals surface area contributed by atoms with Gasteiger partial charge in [-0.2, -0.15) is 0 Å². The molecule has 0 bridgehead atoms. The van der Waals surface area contributed by atoms with Crippen LogP contribution in [0, 0.1) is 0 Å². The molecule has 1 aromatic rings. The Bertz CT molecular complexity index is 679. The summed E-state index contributed by atoms with van der Waals surface area (Å²) in [6.07, 6.45) is -0.287. The minimum absolute atomic E-state index is 0.155. The van der Waals surface area contributed by atoms with Crippen molar-refractivity contribution in [2.75, 3.05) is 6.54 Å². The van der Waals surface area contributed by atoms with E-state index in [1.54, 1.807) is 0 Å². The van der Waals surface area contributed by atoms with E-state index in [0.717, 1.165) is 0 Å². The van der Waals surface area contributed by atoms with Gasteiger partial charge >= 0.3 is 11.7 Å². The van der Waals surface area contributed by atoms with Gasteiger partial charge in [-0.25, -0.2) is 4.79 Å². The molecule has 9 nitrogen and oxygen atoms in total. The number of carbonyl (C=O) groups excluding carboxylic acids is 2. The Morgan fingerprint density at radius 3 is 2.77 bits per heavy atom. The number of H-pyrrole nitrogens is 1. The molecule has 0 radical (unpaired) electrons. The molecule has 120 valence electrons. The van der Waals surface area contributed by atoms with E-state index in [-0.39, 0.29) is 18.9 Å². The summed E-state index contributed by atoms with van der Waals surface area (Å²) in [4.78, 5) is 47.2. The number of nitrogens with zero attached hydrogens (tertiary/aromatic N) is 1. The van der Waals surface area contributed by atoms with Crippen LogP contribution >= 0.6 is 0 Å². The molecule has 1 aliphatic heterocycles. The lowest BCUT2D eigenvalue weighted by Crippen LogP contribution is -2.38. The highest BCUT2D eigenvalue weighted by Crippen LogP contribution is 2.29. The maximum atomic E-state index is 11.8. The third-order valence-electron chi connectivity index (χ3n) is 3.21. The van der Waals surface area contributed by atoms with Gasteiger partial charge in [-0.1, -0.05) is 0 Å². The van der Waals surface area contributed by atoms with Gasteiger partial charge in [0.1, 0.15) is 18.4 Å². The van der Waals surface area contributed by atoms with Crippen molar-refractivity contribution < 1.29 is 19.1 Å². The smallest absolute Gasteiger partial charge is 0.330 e. The summed E-state index contributed by atoms with van der Waals surface area (Å²) in [5, 5.41) is 2.59. The van der Waals surface area contributed by atoms with Crippen molar-refractivity contribution in [1.29, 1.82) is 0 Å². The van der Waals surface area contributed by atoms with E-state index >= 15 is 0 Å². The molecule has 0 spiro atoms. The zero-order chi connectivity index (χ0) is 16.3. The van der Waals surface area contributed by atoms with Gasteiger partial charge in [-0.15, -0.1) is 0 Å². The SMILES string of the molecule is CC(=O)NC[C@H]1O[C@@H](n2ccc(=O)[nH]c2=O)C[C@@H]1OC(C)=O. The average Bonchev–Trinajstić information content (AvgIpc) is 2.78. The van der Waals surface area contributed by atoms with E-state index < -0.39 is 35.7 Å². The number of nitrogens with one attached hydrogen (secondary N) is 2. The Morgan fingerprint density at radius 1 is 1.45 bits per heavy atom. The fourth-order valence-corrected chi connectivity index (χ4v) is 2.29. The van der Waals surface area contributed by atoms with Crippen molar-refractivity contribution in [2.24, 2.45) is 0 Å². The minimum Gasteiger partial charge on any atom is -0.460 e. The first kappa shape index (κ1) is 16.0. The molecule has 0 aliphatic carbocycles. The fourth-order valence-electron chi connectivity index (χ4n) is 2.29. The number of aromatic nitrogens is 2. The number of rotatable bonds is 4. The van der Waals surface area contributed by atoms with Crippen LogP contribution in [0.4, 0.5) is 0 Å². The second kappa shape index (κ2) is 6.56. The third kappa shape index (κ3) is 3.82. The van der Waals surface area contributed by atoms with Crippen LogP contribution in [0.3, 0.4) is 0 Å². The standard InChI is InChI=1S/C13H17N3O6/c1-7(17)14-6-10-9(21-8(2)18)5-12(22-10)16-4-3-11(19)15-13(16)20/h3-4,9-10,12H,5-6H2,1-2H3,(H,14,17)(H,15,19,20)/t9-,10+,12+/m0/s1. The molecule has 2 rings (SSSR count). The van der Waals surface area contributed by atoms with E-state index in [0.29, 0.717) is 0 Å². The van der Waals surface area contributed by atoms with E-state index in [4.69, 9.17) is 9.47 Å². The van der Waals surface area contributed by atoms with E-state index in [9.17, 15) is 19.2 Å². The van der Waals surface area contributed by atoms with Gasteiger partial charge in [-0.3, -0.25) is 23.9 Å². The second-order valence-electron chi connectivity index (χ2n) is 4.97. The number of ether oxygens (including phenoxy) is 2. The predicted molar refractivity (Wildman–Crippen MR) is 74.1 cm³/mol. The maximum absolute atomic E-state index is 11.8. The predicted octanol–water partition coefficient (Wildman–Crippen LogP) is -1.11. The Kier molecular flexibility index (Phi) is 4.76. The molecule has 1 fully saturated rings. The first-order valence-electron chi connectivity index (χ1n) is 6.75. The summed E-state index contributed by atoms with van der Waals surface area (Å²) in [7, 11) is 0. The fraction of sp³-hybridized carbons (Fsp3) is 0.538. The monoisotopic (exact) mass is 311 g/mol. The van der Waals surface area contributed by atoms with E-state index in [1.165, 1.54) is 30.7 Å². The summed E-state index contributed by atoms with van der Waals surface area (Å²) in [6.45, 7) is 2.79. The molecule has 2 heterocycles. The van der Waals surface area contributed by atoms with Crippen LogP contribution in [0.25, 0.3) is 0 Å². The van der Waals surface area contributed by atoms with Crippen LogP contribution < -0.4 is 16.6 Å². The topological polar surface area (TPSA) is 119 Å². The molecular weight excluding hydrogens is 294 g/mol. The van der Waals surface area contributed by atoms with Gasteiger partial charge in [0.05, 0.1) is 0 Å². The molecule has 0 saturated carbocycles. The zero-order valence-electron chi connectivity index (χ0n) is 12.2. The Morgan fingerprint density at radius 2 is 2.18 bits per heavy atom. The summed E-state index contributed by atoms with van der Waals surface area (Å²) in [5.41, 5.74) is -1.12. The van der Waals surface area contributed by atoms with Gasteiger partial charge in [0.25, 0.3) is 5.56 Å². The Balaban J connectivity index is 2.17. The third-order valence-corrected chi connectivity index (χ3v) is 3.21. The molecule has 1 amide bonds. The average molecular weight is 311 g/mol.